The molecular formula is C16H21ClN2O2. The molecule has 21 heavy (non-hydrogen) atoms. The molecule has 0 aliphatic heterocycles. The fourth-order valence-corrected chi connectivity index (χ4v) is 2.38. The smallest absolute Gasteiger partial charge is 0.123 e. The van der Waals surface area contributed by atoms with E-state index in [1.165, 1.54) is 0 Å². The number of hydrogen-bond acceptors (Lipinski definition) is 4. The van der Waals surface area contributed by atoms with Gasteiger partial charge >= 0.3 is 0 Å². The van der Waals surface area contributed by atoms with E-state index < -0.39 is 0 Å². The molecule has 4 nitrogen and oxygen atoms in total. The Balaban J connectivity index is 2.06. The van der Waals surface area contributed by atoms with E-state index in [-0.39, 0.29) is 0 Å². The highest BCUT2D eigenvalue weighted by Gasteiger charge is 2.10. The maximum Gasteiger partial charge on any atom is 0.123 e. The summed E-state index contributed by atoms with van der Waals surface area (Å²) >= 11 is 6.11. The van der Waals surface area contributed by atoms with Crippen molar-refractivity contribution in [2.45, 2.75) is 13.1 Å². The summed E-state index contributed by atoms with van der Waals surface area (Å²) in [5.74, 6) is 0.936. The third-order valence-corrected chi connectivity index (χ3v) is 3.46. The van der Waals surface area contributed by atoms with Crippen LogP contribution in [0.25, 0.3) is 0 Å². The van der Waals surface area contributed by atoms with Gasteiger partial charge in [-0.3, -0.25) is 0 Å². The average molecular weight is 309 g/mol. The van der Waals surface area contributed by atoms with Crippen LogP contribution >= 0.6 is 11.6 Å². The van der Waals surface area contributed by atoms with Crippen molar-refractivity contribution in [3.05, 3.63) is 52.9 Å². The van der Waals surface area contributed by atoms with Crippen molar-refractivity contribution in [3.8, 4) is 0 Å². The Morgan fingerprint density at radius 2 is 2.19 bits per heavy atom. The van der Waals surface area contributed by atoms with Gasteiger partial charge in [-0.2, -0.15) is 0 Å². The van der Waals surface area contributed by atoms with Gasteiger partial charge in [-0.25, -0.2) is 0 Å². The molecule has 0 saturated heterocycles. The standard InChI is InChI=1S/C16H21ClN2O2/c1-19(12-15-4-3-8-21-15)16-6-5-14(17)10-13(16)11-18-7-9-20-2/h3-6,8,10,18H,7,9,11-12H2,1-2H3. The van der Waals surface area contributed by atoms with Gasteiger partial charge in [0.05, 0.1) is 19.4 Å². The summed E-state index contributed by atoms with van der Waals surface area (Å²) in [5.41, 5.74) is 2.30. The summed E-state index contributed by atoms with van der Waals surface area (Å²) in [7, 11) is 3.74. The summed E-state index contributed by atoms with van der Waals surface area (Å²) in [5, 5.41) is 4.09. The van der Waals surface area contributed by atoms with Crippen molar-refractivity contribution >= 4 is 17.3 Å². The van der Waals surface area contributed by atoms with Crippen LogP contribution in [0.1, 0.15) is 11.3 Å². The van der Waals surface area contributed by atoms with Crippen LogP contribution in [0.15, 0.2) is 41.0 Å². The lowest BCUT2D eigenvalue weighted by Gasteiger charge is -2.22. The molecule has 1 aromatic heterocycles. The number of ether oxygens (including phenoxy) is 1. The van der Waals surface area contributed by atoms with Gasteiger partial charge in [0.15, 0.2) is 0 Å². The maximum absolute atomic E-state index is 6.11. The Kier molecular flexibility index (Phi) is 6.11. The van der Waals surface area contributed by atoms with Crippen molar-refractivity contribution in [2.75, 3.05) is 32.2 Å². The van der Waals surface area contributed by atoms with E-state index in [1.807, 2.05) is 37.4 Å². The van der Waals surface area contributed by atoms with Gasteiger partial charge in [0, 0.05) is 38.0 Å². The zero-order valence-electron chi connectivity index (χ0n) is 12.4. The predicted molar refractivity (Wildman–Crippen MR) is 85.8 cm³/mol. The van der Waals surface area contributed by atoms with Crippen molar-refractivity contribution in [2.24, 2.45) is 0 Å². The quantitative estimate of drug-likeness (QED) is 0.759. The third-order valence-electron chi connectivity index (χ3n) is 3.22. The molecule has 2 aromatic rings. The number of furan rings is 1. The Morgan fingerprint density at radius 1 is 1.33 bits per heavy atom. The fraction of sp³-hybridized carbons (Fsp3) is 0.375. The molecule has 0 spiro atoms. The molecule has 5 heteroatoms. The summed E-state index contributed by atoms with van der Waals surface area (Å²) in [6.45, 7) is 2.98. The molecule has 0 atom stereocenters. The van der Waals surface area contributed by atoms with E-state index in [9.17, 15) is 0 Å². The summed E-state index contributed by atoms with van der Waals surface area (Å²) in [6.07, 6.45) is 1.69. The second-order valence-corrected chi connectivity index (χ2v) is 5.31. The van der Waals surface area contributed by atoms with E-state index in [1.54, 1.807) is 13.4 Å². The zero-order chi connectivity index (χ0) is 15.1. The molecule has 1 aromatic carbocycles. The summed E-state index contributed by atoms with van der Waals surface area (Å²) in [4.78, 5) is 2.16. The van der Waals surface area contributed by atoms with E-state index in [0.717, 1.165) is 41.7 Å². The number of rotatable bonds is 8. The number of benzene rings is 1. The van der Waals surface area contributed by atoms with Gasteiger partial charge in [0.1, 0.15) is 5.76 Å². The molecule has 1 heterocycles. The van der Waals surface area contributed by atoms with E-state index in [0.29, 0.717) is 6.61 Å². The minimum atomic E-state index is 0.693. The van der Waals surface area contributed by atoms with E-state index in [2.05, 4.69) is 10.2 Å². The topological polar surface area (TPSA) is 37.6 Å². The zero-order valence-corrected chi connectivity index (χ0v) is 13.2. The van der Waals surface area contributed by atoms with Crippen molar-refractivity contribution in [3.63, 3.8) is 0 Å². The highest BCUT2D eigenvalue weighted by molar-refractivity contribution is 6.30. The van der Waals surface area contributed by atoms with Crippen LogP contribution in [0.5, 0.6) is 0 Å². The second-order valence-electron chi connectivity index (χ2n) is 4.88. The minimum absolute atomic E-state index is 0.693. The Morgan fingerprint density at radius 3 is 2.90 bits per heavy atom. The summed E-state index contributed by atoms with van der Waals surface area (Å²) in [6, 6.07) is 9.82. The van der Waals surface area contributed by atoms with Crippen molar-refractivity contribution in [1.29, 1.82) is 0 Å². The van der Waals surface area contributed by atoms with E-state index in [4.69, 9.17) is 20.8 Å². The third kappa shape index (κ3) is 4.77. The summed E-state index contributed by atoms with van der Waals surface area (Å²) < 4.78 is 10.4. The largest absolute Gasteiger partial charge is 0.467 e. The molecule has 0 radical (unpaired) electrons. The van der Waals surface area contributed by atoms with Crippen LogP contribution < -0.4 is 10.2 Å². The van der Waals surface area contributed by atoms with Gasteiger partial charge in [-0.1, -0.05) is 11.6 Å². The number of methoxy groups -OCH3 is 1. The van der Waals surface area contributed by atoms with E-state index >= 15 is 0 Å². The number of anilines is 1. The SMILES string of the molecule is COCCNCc1cc(Cl)ccc1N(C)Cc1ccco1. The predicted octanol–water partition coefficient (Wildman–Crippen LogP) is 3.31. The monoisotopic (exact) mass is 308 g/mol. The van der Waals surface area contributed by atoms with Crippen LogP contribution in [0.2, 0.25) is 5.02 Å². The molecule has 114 valence electrons. The Bertz CT molecular complexity index is 543. The van der Waals surface area contributed by atoms with Crippen molar-refractivity contribution in [1.82, 2.24) is 5.32 Å². The van der Waals surface area contributed by atoms with Crippen LogP contribution in [0, 0.1) is 0 Å². The number of halogens is 1. The first-order valence-corrected chi connectivity index (χ1v) is 7.30. The van der Waals surface area contributed by atoms with Gasteiger partial charge in [-0.05, 0) is 35.9 Å². The van der Waals surface area contributed by atoms with Gasteiger partial charge in [0.2, 0.25) is 0 Å². The number of hydrogen-bond donors (Lipinski definition) is 1. The highest BCUT2D eigenvalue weighted by atomic mass is 35.5. The first kappa shape index (κ1) is 15.9. The molecule has 0 fully saturated rings. The van der Waals surface area contributed by atoms with Gasteiger partial charge < -0.3 is 19.4 Å². The first-order valence-electron chi connectivity index (χ1n) is 6.92. The van der Waals surface area contributed by atoms with Crippen LogP contribution in [0.3, 0.4) is 0 Å². The van der Waals surface area contributed by atoms with Crippen molar-refractivity contribution < 1.29 is 9.15 Å². The minimum Gasteiger partial charge on any atom is -0.467 e. The maximum atomic E-state index is 6.11. The molecule has 0 aliphatic rings. The van der Waals surface area contributed by atoms with Gasteiger partial charge in [-0.15, -0.1) is 0 Å². The second kappa shape index (κ2) is 8.08. The molecule has 0 amide bonds. The number of nitrogens with zero attached hydrogens (tertiary/aromatic N) is 1. The lowest BCUT2D eigenvalue weighted by Crippen LogP contribution is -2.22. The lowest BCUT2D eigenvalue weighted by atomic mass is 10.1. The van der Waals surface area contributed by atoms with Gasteiger partial charge in [0.25, 0.3) is 0 Å². The fourth-order valence-electron chi connectivity index (χ4n) is 2.19. The molecule has 0 saturated carbocycles. The highest BCUT2D eigenvalue weighted by Crippen LogP contribution is 2.25. The molecular weight excluding hydrogens is 288 g/mol. The molecule has 2 rings (SSSR count). The molecule has 0 aliphatic carbocycles. The first-order chi connectivity index (χ1) is 10.2. The molecule has 0 bridgehead atoms. The van der Waals surface area contributed by atoms with Crippen LogP contribution in [-0.2, 0) is 17.8 Å². The number of nitrogens with one attached hydrogen (secondary N) is 1. The Labute approximate surface area is 130 Å². The van der Waals surface area contributed by atoms with Crippen LogP contribution in [0.4, 0.5) is 5.69 Å². The normalized spacial score (nSPS) is 10.8. The lowest BCUT2D eigenvalue weighted by molar-refractivity contribution is 0.199. The van der Waals surface area contributed by atoms with Crippen LogP contribution in [-0.4, -0.2) is 27.3 Å². The average Bonchev–Trinajstić information content (AvgIpc) is 2.96. The molecule has 0 unspecified atom stereocenters. The molecule has 1 N–H and O–H groups in total. The Hall–Kier alpha value is -1.49.